The van der Waals surface area contributed by atoms with Gasteiger partial charge in [-0.2, -0.15) is 13.2 Å². The summed E-state index contributed by atoms with van der Waals surface area (Å²) in [5, 5.41) is 7.69. The number of azo groups is 1. The van der Waals surface area contributed by atoms with E-state index in [0.29, 0.717) is 11.3 Å². The summed E-state index contributed by atoms with van der Waals surface area (Å²) in [5.74, 6) is -0.300. The van der Waals surface area contributed by atoms with Gasteiger partial charge in [0.05, 0.1) is 16.3 Å². The molecule has 9 heteroatoms. The van der Waals surface area contributed by atoms with Gasteiger partial charge in [-0.3, -0.25) is 4.40 Å². The van der Waals surface area contributed by atoms with Crippen molar-refractivity contribution in [2.75, 3.05) is 0 Å². The Hall–Kier alpha value is -2.48. The lowest BCUT2D eigenvalue weighted by atomic mass is 10.2. The molecular weight excluding hydrogens is 348 g/mol. The van der Waals surface area contributed by atoms with E-state index in [1.165, 1.54) is 16.5 Å². The van der Waals surface area contributed by atoms with Crippen LogP contribution in [0.4, 0.5) is 29.1 Å². The molecule has 2 aromatic heterocycles. The van der Waals surface area contributed by atoms with Crippen LogP contribution in [0.15, 0.2) is 46.8 Å². The van der Waals surface area contributed by atoms with Crippen LogP contribution >= 0.6 is 11.6 Å². The molecule has 0 aliphatic heterocycles. The zero-order chi connectivity index (χ0) is 17.5. The van der Waals surface area contributed by atoms with Crippen molar-refractivity contribution in [2.24, 2.45) is 10.2 Å². The Morgan fingerprint density at radius 2 is 1.88 bits per heavy atom. The minimum atomic E-state index is -4.52. The largest absolute Gasteiger partial charge is 0.416 e. The van der Waals surface area contributed by atoms with Crippen LogP contribution in [-0.2, 0) is 6.18 Å². The molecule has 0 atom stereocenters. The molecule has 0 radical (unpaired) electrons. The van der Waals surface area contributed by atoms with Crippen LogP contribution in [-0.4, -0.2) is 9.38 Å². The molecular formula is C15H9ClF4N4. The quantitative estimate of drug-likeness (QED) is 0.418. The van der Waals surface area contributed by atoms with E-state index in [2.05, 4.69) is 15.2 Å². The van der Waals surface area contributed by atoms with E-state index >= 15 is 0 Å². The molecule has 0 unspecified atom stereocenters. The van der Waals surface area contributed by atoms with E-state index < -0.39 is 17.6 Å². The summed E-state index contributed by atoms with van der Waals surface area (Å²) in [6, 6.07) is 5.45. The van der Waals surface area contributed by atoms with Crippen molar-refractivity contribution in [2.45, 2.75) is 13.1 Å². The molecule has 0 amide bonds. The molecule has 2 heterocycles. The van der Waals surface area contributed by atoms with E-state index in [1.807, 2.05) is 0 Å². The Balaban J connectivity index is 2.06. The molecule has 1 aromatic carbocycles. The van der Waals surface area contributed by atoms with Crippen molar-refractivity contribution in [3.8, 4) is 0 Å². The van der Waals surface area contributed by atoms with Gasteiger partial charge in [-0.05, 0) is 37.3 Å². The van der Waals surface area contributed by atoms with Gasteiger partial charge < -0.3 is 0 Å². The molecule has 124 valence electrons. The maximum Gasteiger partial charge on any atom is 0.416 e. The van der Waals surface area contributed by atoms with E-state index in [4.69, 9.17) is 11.6 Å². The molecule has 0 aliphatic rings. The number of fused-ring (bicyclic) bond motifs is 1. The van der Waals surface area contributed by atoms with Crippen molar-refractivity contribution in [3.63, 3.8) is 0 Å². The van der Waals surface area contributed by atoms with Gasteiger partial charge >= 0.3 is 6.18 Å². The Morgan fingerprint density at radius 3 is 2.58 bits per heavy atom. The fourth-order valence-electron chi connectivity index (χ4n) is 2.11. The predicted molar refractivity (Wildman–Crippen MR) is 80.5 cm³/mol. The zero-order valence-electron chi connectivity index (χ0n) is 12.1. The van der Waals surface area contributed by atoms with Crippen LogP contribution in [0, 0.1) is 12.7 Å². The van der Waals surface area contributed by atoms with Gasteiger partial charge in [-0.25, -0.2) is 9.37 Å². The van der Waals surface area contributed by atoms with Crippen molar-refractivity contribution >= 4 is 28.8 Å². The predicted octanol–water partition coefficient (Wildman–Crippen LogP) is 5.87. The van der Waals surface area contributed by atoms with Gasteiger partial charge in [0.25, 0.3) is 0 Å². The maximum absolute atomic E-state index is 13.4. The van der Waals surface area contributed by atoms with Crippen LogP contribution in [0.1, 0.15) is 11.3 Å². The number of imidazole rings is 1. The smallest absolute Gasteiger partial charge is 0.280 e. The SMILES string of the molecule is Cc1nc2ccc(F)cn2c1N=Nc1cc(C(F)(F)F)ccc1Cl. The lowest BCUT2D eigenvalue weighted by Crippen LogP contribution is -2.03. The standard InChI is InChI=1S/C15H9ClF4N4/c1-8-14(24-7-10(17)3-5-13(24)21-8)23-22-12-6-9(15(18,19)20)2-4-11(12)16/h2-7H,1H3. The first-order chi connectivity index (χ1) is 11.3. The number of rotatable bonds is 2. The first kappa shape index (κ1) is 16.4. The van der Waals surface area contributed by atoms with Gasteiger partial charge in [0.1, 0.15) is 17.2 Å². The molecule has 0 spiro atoms. The van der Waals surface area contributed by atoms with Crippen molar-refractivity contribution < 1.29 is 17.6 Å². The second-order valence-electron chi connectivity index (χ2n) is 4.96. The fraction of sp³-hybridized carbons (Fsp3) is 0.133. The minimum absolute atomic E-state index is 0.0180. The van der Waals surface area contributed by atoms with Crippen LogP contribution in [0.3, 0.4) is 0 Å². The Morgan fingerprint density at radius 1 is 1.12 bits per heavy atom. The number of hydrogen-bond acceptors (Lipinski definition) is 3. The summed E-state index contributed by atoms with van der Waals surface area (Å²) in [7, 11) is 0. The third-order valence-electron chi connectivity index (χ3n) is 3.25. The van der Waals surface area contributed by atoms with Gasteiger partial charge in [0, 0.05) is 6.20 Å². The second-order valence-corrected chi connectivity index (χ2v) is 5.37. The number of alkyl halides is 3. The number of halogens is 5. The first-order valence-electron chi connectivity index (χ1n) is 6.68. The van der Waals surface area contributed by atoms with E-state index in [-0.39, 0.29) is 16.5 Å². The Bertz CT molecular complexity index is 947. The average Bonchev–Trinajstić information content (AvgIpc) is 2.80. The topological polar surface area (TPSA) is 42.0 Å². The summed E-state index contributed by atoms with van der Waals surface area (Å²) >= 11 is 5.87. The molecule has 0 fully saturated rings. The molecule has 24 heavy (non-hydrogen) atoms. The highest BCUT2D eigenvalue weighted by molar-refractivity contribution is 6.32. The number of nitrogens with zero attached hydrogens (tertiary/aromatic N) is 4. The third-order valence-corrected chi connectivity index (χ3v) is 3.57. The summed E-state index contributed by atoms with van der Waals surface area (Å²) < 4.78 is 53.0. The lowest BCUT2D eigenvalue weighted by Gasteiger charge is -2.07. The van der Waals surface area contributed by atoms with Crippen LogP contribution in [0.2, 0.25) is 5.02 Å². The fourth-order valence-corrected chi connectivity index (χ4v) is 2.27. The number of benzene rings is 1. The van der Waals surface area contributed by atoms with Gasteiger partial charge in [0.15, 0.2) is 5.82 Å². The first-order valence-corrected chi connectivity index (χ1v) is 7.06. The third kappa shape index (κ3) is 3.09. The van der Waals surface area contributed by atoms with Gasteiger partial charge in [-0.1, -0.05) is 11.6 Å². The highest BCUT2D eigenvalue weighted by atomic mass is 35.5. The summed E-state index contributed by atoms with van der Waals surface area (Å²) in [6.07, 6.45) is -3.35. The highest BCUT2D eigenvalue weighted by Gasteiger charge is 2.31. The van der Waals surface area contributed by atoms with Crippen LogP contribution in [0.25, 0.3) is 5.65 Å². The van der Waals surface area contributed by atoms with E-state index in [9.17, 15) is 17.6 Å². The summed E-state index contributed by atoms with van der Waals surface area (Å²) in [4.78, 5) is 4.18. The van der Waals surface area contributed by atoms with Crippen LogP contribution < -0.4 is 0 Å². The van der Waals surface area contributed by atoms with Gasteiger partial charge in [-0.15, -0.1) is 10.2 Å². The molecule has 3 rings (SSSR count). The minimum Gasteiger partial charge on any atom is -0.280 e. The molecule has 0 aliphatic carbocycles. The molecule has 0 saturated heterocycles. The van der Waals surface area contributed by atoms with Gasteiger partial charge in [0.2, 0.25) is 0 Å². The number of aromatic nitrogens is 2. The summed E-state index contributed by atoms with van der Waals surface area (Å²) in [5.41, 5.74) is -0.135. The van der Waals surface area contributed by atoms with E-state index in [0.717, 1.165) is 24.4 Å². The van der Waals surface area contributed by atoms with E-state index in [1.54, 1.807) is 6.92 Å². The number of hydrogen-bond donors (Lipinski definition) is 0. The van der Waals surface area contributed by atoms with Crippen molar-refractivity contribution in [1.82, 2.24) is 9.38 Å². The Labute approximate surface area is 138 Å². The molecule has 0 N–H and O–H groups in total. The maximum atomic E-state index is 13.4. The molecule has 4 nitrogen and oxygen atoms in total. The highest BCUT2D eigenvalue weighted by Crippen LogP contribution is 2.36. The number of pyridine rings is 1. The lowest BCUT2D eigenvalue weighted by molar-refractivity contribution is -0.137. The number of aryl methyl sites for hydroxylation is 1. The van der Waals surface area contributed by atoms with Crippen molar-refractivity contribution in [1.29, 1.82) is 0 Å². The normalized spacial score (nSPS) is 12.4. The molecule has 3 aromatic rings. The average molecular weight is 357 g/mol. The van der Waals surface area contributed by atoms with Crippen molar-refractivity contribution in [3.05, 3.63) is 58.6 Å². The molecule has 0 saturated carbocycles. The molecule has 0 bridgehead atoms. The van der Waals surface area contributed by atoms with Crippen LogP contribution in [0.5, 0.6) is 0 Å². The zero-order valence-corrected chi connectivity index (χ0v) is 12.9. The monoisotopic (exact) mass is 356 g/mol. The second kappa shape index (κ2) is 5.86. The Kier molecular flexibility index (Phi) is 4.00. The summed E-state index contributed by atoms with van der Waals surface area (Å²) in [6.45, 7) is 1.63.